The van der Waals surface area contributed by atoms with E-state index in [1.54, 1.807) is 18.3 Å². The van der Waals surface area contributed by atoms with E-state index in [1.165, 1.54) is 0 Å². The lowest BCUT2D eigenvalue weighted by Crippen LogP contribution is -2.27. The SMILES string of the molecule is Cc1cc(C(O)C(O)CN)ccn1. The molecule has 0 aromatic carbocycles. The van der Waals surface area contributed by atoms with Crippen molar-refractivity contribution in [2.24, 2.45) is 5.73 Å². The predicted octanol–water partition coefficient (Wildman–Crippen LogP) is -0.257. The molecule has 0 saturated carbocycles. The van der Waals surface area contributed by atoms with Gasteiger partial charge in [0.2, 0.25) is 0 Å². The van der Waals surface area contributed by atoms with Gasteiger partial charge in [0.1, 0.15) is 6.10 Å². The van der Waals surface area contributed by atoms with Crippen LogP contribution in [0.3, 0.4) is 0 Å². The number of pyridine rings is 1. The first-order valence-corrected chi connectivity index (χ1v) is 4.14. The molecule has 2 atom stereocenters. The highest BCUT2D eigenvalue weighted by Gasteiger charge is 2.16. The van der Waals surface area contributed by atoms with Gasteiger partial charge in [0.25, 0.3) is 0 Å². The van der Waals surface area contributed by atoms with Crippen LogP contribution in [0, 0.1) is 6.92 Å². The predicted molar refractivity (Wildman–Crippen MR) is 49.0 cm³/mol. The molecule has 0 bridgehead atoms. The van der Waals surface area contributed by atoms with Crippen molar-refractivity contribution in [3.63, 3.8) is 0 Å². The molecular formula is C9H14N2O2. The van der Waals surface area contributed by atoms with Crippen molar-refractivity contribution >= 4 is 0 Å². The van der Waals surface area contributed by atoms with E-state index in [1.807, 2.05) is 6.92 Å². The minimum Gasteiger partial charge on any atom is -0.389 e. The van der Waals surface area contributed by atoms with Crippen molar-refractivity contribution in [3.05, 3.63) is 29.6 Å². The van der Waals surface area contributed by atoms with E-state index in [-0.39, 0.29) is 6.54 Å². The second-order valence-electron chi connectivity index (χ2n) is 2.98. The van der Waals surface area contributed by atoms with Gasteiger partial charge in [-0.15, -0.1) is 0 Å². The summed E-state index contributed by atoms with van der Waals surface area (Å²) in [5, 5.41) is 18.8. The summed E-state index contributed by atoms with van der Waals surface area (Å²) in [6, 6.07) is 3.39. The Kier molecular flexibility index (Phi) is 3.36. The highest BCUT2D eigenvalue weighted by Crippen LogP contribution is 2.15. The number of hydrogen-bond donors (Lipinski definition) is 3. The molecule has 0 aliphatic heterocycles. The summed E-state index contributed by atoms with van der Waals surface area (Å²) in [6.07, 6.45) is -0.245. The Balaban J connectivity index is 2.82. The minimum atomic E-state index is -0.924. The summed E-state index contributed by atoms with van der Waals surface area (Å²) < 4.78 is 0. The number of rotatable bonds is 3. The van der Waals surface area contributed by atoms with E-state index in [0.29, 0.717) is 5.56 Å². The standard InChI is InChI=1S/C9H14N2O2/c1-6-4-7(2-3-11-6)9(13)8(12)5-10/h2-4,8-9,12-13H,5,10H2,1H3. The summed E-state index contributed by atoms with van der Waals surface area (Å²) >= 11 is 0. The molecule has 4 heteroatoms. The first kappa shape index (κ1) is 10.1. The molecular weight excluding hydrogens is 168 g/mol. The average molecular weight is 182 g/mol. The first-order chi connectivity index (χ1) is 6.15. The first-order valence-electron chi connectivity index (χ1n) is 4.14. The minimum absolute atomic E-state index is 0.0442. The van der Waals surface area contributed by atoms with Crippen LogP contribution in [0.25, 0.3) is 0 Å². The number of aryl methyl sites for hydroxylation is 1. The number of aliphatic hydroxyl groups excluding tert-OH is 2. The van der Waals surface area contributed by atoms with Crippen LogP contribution >= 0.6 is 0 Å². The summed E-state index contributed by atoms with van der Waals surface area (Å²) in [7, 11) is 0. The number of nitrogens with two attached hydrogens (primary N) is 1. The Morgan fingerprint density at radius 2 is 2.23 bits per heavy atom. The molecule has 0 spiro atoms. The van der Waals surface area contributed by atoms with Gasteiger partial charge >= 0.3 is 0 Å². The molecule has 13 heavy (non-hydrogen) atoms. The van der Waals surface area contributed by atoms with Crippen molar-refractivity contribution in [1.29, 1.82) is 0 Å². The molecule has 72 valence electrons. The van der Waals surface area contributed by atoms with Crippen LogP contribution in [-0.4, -0.2) is 27.8 Å². The Morgan fingerprint density at radius 3 is 2.77 bits per heavy atom. The molecule has 1 aromatic rings. The molecule has 0 amide bonds. The van der Waals surface area contributed by atoms with Gasteiger partial charge in [-0.25, -0.2) is 0 Å². The number of hydrogen-bond acceptors (Lipinski definition) is 4. The van der Waals surface area contributed by atoms with Crippen molar-refractivity contribution in [2.45, 2.75) is 19.1 Å². The number of aromatic nitrogens is 1. The molecule has 4 nitrogen and oxygen atoms in total. The van der Waals surface area contributed by atoms with Gasteiger partial charge in [-0.2, -0.15) is 0 Å². The van der Waals surface area contributed by atoms with E-state index in [9.17, 15) is 10.2 Å². The van der Waals surface area contributed by atoms with Crippen molar-refractivity contribution in [3.8, 4) is 0 Å². The Hall–Kier alpha value is -0.970. The molecule has 0 aliphatic rings. The van der Waals surface area contributed by atoms with Crippen LogP contribution in [0.1, 0.15) is 17.4 Å². The zero-order valence-electron chi connectivity index (χ0n) is 7.51. The zero-order valence-corrected chi connectivity index (χ0v) is 7.51. The smallest absolute Gasteiger partial charge is 0.106 e. The van der Waals surface area contributed by atoms with Crippen LogP contribution in [0.4, 0.5) is 0 Å². The fourth-order valence-corrected chi connectivity index (χ4v) is 1.10. The number of nitrogens with zero attached hydrogens (tertiary/aromatic N) is 1. The third-order valence-electron chi connectivity index (χ3n) is 1.87. The lowest BCUT2D eigenvalue weighted by molar-refractivity contribution is 0.0242. The van der Waals surface area contributed by atoms with Crippen molar-refractivity contribution < 1.29 is 10.2 Å². The second kappa shape index (κ2) is 4.32. The third-order valence-corrected chi connectivity index (χ3v) is 1.87. The Morgan fingerprint density at radius 1 is 1.54 bits per heavy atom. The highest BCUT2D eigenvalue weighted by atomic mass is 16.3. The van der Waals surface area contributed by atoms with Gasteiger partial charge in [0, 0.05) is 18.4 Å². The largest absolute Gasteiger partial charge is 0.389 e. The molecule has 0 fully saturated rings. The van der Waals surface area contributed by atoms with Crippen LogP contribution in [0.5, 0.6) is 0 Å². The third kappa shape index (κ3) is 2.48. The highest BCUT2D eigenvalue weighted by molar-refractivity contribution is 5.18. The zero-order chi connectivity index (χ0) is 9.84. The normalized spacial score (nSPS) is 15.4. The Bertz CT molecular complexity index is 278. The van der Waals surface area contributed by atoms with Gasteiger partial charge in [-0.1, -0.05) is 0 Å². The monoisotopic (exact) mass is 182 g/mol. The van der Waals surface area contributed by atoms with Crippen LogP contribution in [0.15, 0.2) is 18.3 Å². The molecule has 2 unspecified atom stereocenters. The van der Waals surface area contributed by atoms with Crippen LogP contribution in [0.2, 0.25) is 0 Å². The number of aliphatic hydroxyl groups is 2. The molecule has 4 N–H and O–H groups in total. The Labute approximate surface area is 77.0 Å². The maximum absolute atomic E-state index is 9.56. The van der Waals surface area contributed by atoms with Gasteiger partial charge in [0.05, 0.1) is 6.10 Å². The van der Waals surface area contributed by atoms with E-state index in [0.717, 1.165) is 5.69 Å². The van der Waals surface area contributed by atoms with E-state index in [2.05, 4.69) is 4.98 Å². The summed E-state index contributed by atoms with van der Waals surface area (Å²) in [5.41, 5.74) is 6.67. The van der Waals surface area contributed by atoms with Gasteiger partial charge in [0.15, 0.2) is 0 Å². The lowest BCUT2D eigenvalue weighted by Gasteiger charge is -2.16. The second-order valence-corrected chi connectivity index (χ2v) is 2.98. The van der Waals surface area contributed by atoms with Gasteiger partial charge in [-0.05, 0) is 24.6 Å². The average Bonchev–Trinajstić information content (AvgIpc) is 2.15. The summed E-state index contributed by atoms with van der Waals surface area (Å²) in [4.78, 5) is 3.98. The maximum atomic E-state index is 9.56. The molecule has 1 rings (SSSR count). The molecule has 1 heterocycles. The molecule has 0 radical (unpaired) electrons. The molecule has 1 aromatic heterocycles. The van der Waals surface area contributed by atoms with Crippen molar-refractivity contribution in [2.75, 3.05) is 6.54 Å². The van der Waals surface area contributed by atoms with Gasteiger partial charge < -0.3 is 15.9 Å². The van der Waals surface area contributed by atoms with Gasteiger partial charge in [-0.3, -0.25) is 4.98 Å². The fourth-order valence-electron chi connectivity index (χ4n) is 1.10. The van der Waals surface area contributed by atoms with E-state index >= 15 is 0 Å². The lowest BCUT2D eigenvalue weighted by atomic mass is 10.1. The fraction of sp³-hybridized carbons (Fsp3) is 0.444. The van der Waals surface area contributed by atoms with Crippen LogP contribution in [-0.2, 0) is 0 Å². The maximum Gasteiger partial charge on any atom is 0.106 e. The van der Waals surface area contributed by atoms with E-state index < -0.39 is 12.2 Å². The van der Waals surface area contributed by atoms with E-state index in [4.69, 9.17) is 5.73 Å². The van der Waals surface area contributed by atoms with Crippen molar-refractivity contribution in [1.82, 2.24) is 4.98 Å². The molecule has 0 aliphatic carbocycles. The summed E-state index contributed by atoms with van der Waals surface area (Å²) in [5.74, 6) is 0. The topological polar surface area (TPSA) is 79.4 Å². The summed E-state index contributed by atoms with van der Waals surface area (Å²) in [6.45, 7) is 1.87. The molecule has 0 saturated heterocycles. The quantitative estimate of drug-likeness (QED) is 0.602. The van der Waals surface area contributed by atoms with Crippen LogP contribution < -0.4 is 5.73 Å².